The van der Waals surface area contributed by atoms with E-state index >= 15 is 0 Å². The number of alkyl halides is 3. The van der Waals surface area contributed by atoms with Gasteiger partial charge in [0.15, 0.2) is 0 Å². The highest BCUT2D eigenvalue weighted by Gasteiger charge is 2.62. The molecule has 0 radical (unpaired) electrons. The molecule has 0 unspecified atom stereocenters. The van der Waals surface area contributed by atoms with E-state index in [0.29, 0.717) is 49.0 Å². The van der Waals surface area contributed by atoms with Crippen molar-refractivity contribution in [2.24, 2.45) is 11.3 Å². The average molecular weight is 834 g/mol. The van der Waals surface area contributed by atoms with Crippen molar-refractivity contribution in [2.45, 2.75) is 122 Å². The maximum Gasteiger partial charge on any atom is 0.427 e. The molecular weight excluding hydrogens is 787 g/mol. The second-order valence-corrected chi connectivity index (χ2v) is 17.5. The minimum Gasteiger partial charge on any atom is -0.488 e. The number of pyridine rings is 1. The second-order valence-electron chi connectivity index (χ2n) is 15.8. The molecule has 5 atom stereocenters. The van der Waals surface area contributed by atoms with Crippen molar-refractivity contribution in [3.05, 3.63) is 29.3 Å². The molecule has 3 fully saturated rings. The first kappa shape index (κ1) is 43.0. The summed E-state index contributed by atoms with van der Waals surface area (Å²) in [7, 11) is -4.49. The molecule has 1 aliphatic heterocycles. The predicted octanol–water partition coefficient (Wildman–Crippen LogP) is 4.94. The fourth-order valence-electron chi connectivity index (χ4n) is 6.47. The standard InChI is InChI=1S/C36H47ClF3N5O10S/c1-8-19-17-35(19,31(48)44-56(50,51)55-20-13-14-20)43-29(46)24-15-21(53-25-16-26(52-9-2)41-27-22(25)11-10-12-23(27)37)18-45(24)30(47)28(33(3,4)5)42-32(49)54-34(6,7)36(38,39)40/h10-12,16,19-21,24,28H,8-9,13-15,17-18H2,1-7H3,(H,42,49)(H,43,46)(H,44,48)/t19-,21-,24+,28-,35-/m1/s1. The molecule has 3 aliphatic rings. The van der Waals surface area contributed by atoms with Crippen LogP contribution in [0, 0.1) is 11.3 Å². The normalized spacial score (nSPS) is 23.3. The van der Waals surface area contributed by atoms with E-state index in [1.165, 1.54) is 6.07 Å². The molecule has 310 valence electrons. The summed E-state index contributed by atoms with van der Waals surface area (Å²) in [6.45, 7) is 9.53. The van der Waals surface area contributed by atoms with Gasteiger partial charge in [-0.05, 0) is 63.5 Å². The summed E-state index contributed by atoms with van der Waals surface area (Å²) >= 11 is 6.45. The summed E-state index contributed by atoms with van der Waals surface area (Å²) in [4.78, 5) is 60.8. The van der Waals surface area contributed by atoms with Gasteiger partial charge in [-0.15, -0.1) is 0 Å². The third kappa shape index (κ3) is 9.53. The molecule has 1 aromatic carbocycles. The summed E-state index contributed by atoms with van der Waals surface area (Å²) in [6, 6.07) is 3.65. The number of benzene rings is 1. The van der Waals surface area contributed by atoms with Gasteiger partial charge in [0.25, 0.3) is 5.91 Å². The zero-order valence-electron chi connectivity index (χ0n) is 32.0. The summed E-state index contributed by atoms with van der Waals surface area (Å²) in [5.41, 5.74) is -5.33. The molecule has 3 N–H and O–H groups in total. The van der Waals surface area contributed by atoms with Crippen LogP contribution in [0.2, 0.25) is 5.02 Å². The number of hydrogen-bond donors (Lipinski definition) is 3. The van der Waals surface area contributed by atoms with Gasteiger partial charge in [-0.25, -0.2) is 14.5 Å². The number of nitrogens with one attached hydrogen (secondary N) is 3. The molecule has 0 bridgehead atoms. The number of alkyl carbamates (subject to hydrolysis) is 1. The molecule has 1 aromatic heterocycles. The molecule has 20 heteroatoms. The lowest BCUT2D eigenvalue weighted by Gasteiger charge is -2.36. The van der Waals surface area contributed by atoms with Crippen LogP contribution < -0.4 is 24.8 Å². The number of ether oxygens (including phenoxy) is 3. The zero-order valence-corrected chi connectivity index (χ0v) is 33.6. The van der Waals surface area contributed by atoms with Crippen molar-refractivity contribution >= 4 is 56.6 Å². The number of likely N-dealkylation sites (tertiary alicyclic amines) is 1. The highest BCUT2D eigenvalue weighted by molar-refractivity contribution is 7.85. The largest absolute Gasteiger partial charge is 0.488 e. The van der Waals surface area contributed by atoms with Crippen LogP contribution in [0.4, 0.5) is 18.0 Å². The summed E-state index contributed by atoms with van der Waals surface area (Å²) < 4.78 is 89.6. The van der Waals surface area contributed by atoms with E-state index in [9.17, 15) is 40.8 Å². The van der Waals surface area contributed by atoms with Crippen LogP contribution in [0.5, 0.6) is 11.6 Å². The van der Waals surface area contributed by atoms with Gasteiger partial charge < -0.3 is 29.7 Å². The van der Waals surface area contributed by atoms with Crippen molar-refractivity contribution in [3.63, 3.8) is 0 Å². The number of rotatable bonds is 14. The van der Waals surface area contributed by atoms with Gasteiger partial charge in [0.1, 0.15) is 29.5 Å². The number of fused-ring (bicyclic) bond motifs is 1. The van der Waals surface area contributed by atoms with Crippen LogP contribution in [-0.4, -0.2) is 96.9 Å². The minimum absolute atomic E-state index is 0.0948. The maximum absolute atomic E-state index is 14.5. The SMILES string of the molecule is CCOc1cc(O[C@@H]2C[C@@H](C(=O)N[C@]3(C(=O)NS(=O)(=O)OC4CC4)C[C@H]3CC)N(C(=O)[C@@H](NC(=O)OC(C)(C)C(F)(F)F)C(C)(C)C)C2)c2cccc(Cl)c2n1. The van der Waals surface area contributed by atoms with Gasteiger partial charge in [0.05, 0.1) is 29.8 Å². The number of amides is 4. The van der Waals surface area contributed by atoms with E-state index in [4.69, 9.17) is 30.0 Å². The Balaban J connectivity index is 1.47. The smallest absolute Gasteiger partial charge is 0.427 e. The number of hydrogen-bond acceptors (Lipinski definition) is 11. The van der Waals surface area contributed by atoms with E-state index < -0.39 is 87.1 Å². The number of aromatic nitrogens is 1. The first-order chi connectivity index (χ1) is 25.9. The number of halogens is 4. The number of para-hydroxylation sites is 1. The first-order valence-electron chi connectivity index (χ1n) is 18.2. The fraction of sp³-hybridized carbons (Fsp3) is 0.639. The molecule has 2 heterocycles. The number of carbonyl (C=O) groups is 4. The van der Waals surface area contributed by atoms with Crippen molar-refractivity contribution in [1.82, 2.24) is 25.2 Å². The van der Waals surface area contributed by atoms with Crippen LogP contribution in [0.15, 0.2) is 24.3 Å². The van der Waals surface area contributed by atoms with E-state index in [2.05, 4.69) is 15.6 Å². The molecule has 15 nitrogen and oxygen atoms in total. The second kappa shape index (κ2) is 15.7. The Hall–Kier alpha value is -4.10. The van der Waals surface area contributed by atoms with E-state index in [0.717, 1.165) is 4.90 Å². The van der Waals surface area contributed by atoms with E-state index in [1.54, 1.807) is 52.8 Å². The van der Waals surface area contributed by atoms with Crippen LogP contribution in [-0.2, 0) is 33.6 Å². The Morgan fingerprint density at radius 2 is 1.75 bits per heavy atom. The van der Waals surface area contributed by atoms with Crippen molar-refractivity contribution < 1.29 is 59.2 Å². The lowest BCUT2D eigenvalue weighted by atomic mass is 9.85. The third-order valence-electron chi connectivity index (χ3n) is 9.92. The molecule has 5 rings (SSSR count). The third-order valence-corrected chi connectivity index (χ3v) is 11.2. The molecular formula is C36H47ClF3N5O10S. The fourth-order valence-corrected chi connectivity index (χ4v) is 7.70. The maximum atomic E-state index is 14.5. The number of nitrogens with zero attached hydrogens (tertiary/aromatic N) is 2. The van der Waals surface area contributed by atoms with E-state index in [-0.39, 0.29) is 37.6 Å². The van der Waals surface area contributed by atoms with Crippen LogP contribution in [0.25, 0.3) is 10.9 Å². The Kier molecular flexibility index (Phi) is 12.1. The summed E-state index contributed by atoms with van der Waals surface area (Å²) in [6.07, 6.45) is -6.55. The molecule has 2 saturated carbocycles. The van der Waals surface area contributed by atoms with Gasteiger partial charge in [-0.1, -0.05) is 51.8 Å². The van der Waals surface area contributed by atoms with Crippen LogP contribution in [0.3, 0.4) is 0 Å². The lowest BCUT2D eigenvalue weighted by molar-refractivity contribution is -0.244. The van der Waals surface area contributed by atoms with Gasteiger partial charge in [-0.2, -0.15) is 21.6 Å². The number of carbonyl (C=O) groups excluding carboxylic acids is 4. The first-order valence-corrected chi connectivity index (χ1v) is 20.0. The van der Waals surface area contributed by atoms with Gasteiger partial charge in [-0.3, -0.25) is 18.6 Å². The minimum atomic E-state index is -4.93. The Bertz CT molecular complexity index is 1970. The molecule has 4 amide bonds. The summed E-state index contributed by atoms with van der Waals surface area (Å²) in [5, 5.41) is 5.76. The Morgan fingerprint density at radius 3 is 2.32 bits per heavy atom. The predicted molar refractivity (Wildman–Crippen MR) is 196 cm³/mol. The van der Waals surface area contributed by atoms with Crippen molar-refractivity contribution in [3.8, 4) is 11.6 Å². The monoisotopic (exact) mass is 833 g/mol. The van der Waals surface area contributed by atoms with Crippen LogP contribution in [0.1, 0.15) is 80.6 Å². The Labute approximate surface area is 327 Å². The molecule has 2 aromatic rings. The average Bonchev–Trinajstić information content (AvgIpc) is 3.98. The zero-order chi connectivity index (χ0) is 41.6. The highest BCUT2D eigenvalue weighted by atomic mass is 35.5. The topological polar surface area (TPSA) is 192 Å². The lowest BCUT2D eigenvalue weighted by Crippen LogP contribution is -2.60. The highest BCUT2D eigenvalue weighted by Crippen LogP contribution is 2.47. The summed E-state index contributed by atoms with van der Waals surface area (Å²) in [5.74, 6) is -2.70. The molecule has 1 saturated heterocycles. The van der Waals surface area contributed by atoms with E-state index in [1.807, 2.05) is 4.72 Å². The van der Waals surface area contributed by atoms with Gasteiger partial charge >= 0.3 is 22.6 Å². The molecule has 56 heavy (non-hydrogen) atoms. The van der Waals surface area contributed by atoms with Gasteiger partial charge in [0.2, 0.25) is 23.3 Å². The Morgan fingerprint density at radius 1 is 1.07 bits per heavy atom. The van der Waals surface area contributed by atoms with Crippen molar-refractivity contribution in [1.29, 1.82) is 0 Å². The quantitative estimate of drug-likeness (QED) is 0.234. The van der Waals surface area contributed by atoms with Gasteiger partial charge in [0, 0.05) is 17.9 Å². The van der Waals surface area contributed by atoms with Crippen LogP contribution >= 0.6 is 11.6 Å². The van der Waals surface area contributed by atoms with Crippen molar-refractivity contribution in [2.75, 3.05) is 13.2 Å². The molecule has 0 spiro atoms. The molecule has 2 aliphatic carbocycles.